The molecule has 1 heterocycles. The van der Waals surface area contributed by atoms with Crippen molar-refractivity contribution in [3.63, 3.8) is 0 Å². The second-order valence-corrected chi connectivity index (χ2v) is 3.58. The fourth-order valence-electron chi connectivity index (χ4n) is 1.23. The third kappa shape index (κ3) is 2.21. The topological polar surface area (TPSA) is 38.8 Å². The quantitative estimate of drug-likeness (QED) is 0.610. The molecule has 0 aromatic heterocycles. The molecule has 0 atom stereocenters. The predicted molar refractivity (Wildman–Crippen MR) is 48.3 cm³/mol. The summed E-state index contributed by atoms with van der Waals surface area (Å²) in [5.74, 6) is 0.413. The molecule has 1 saturated heterocycles. The molecule has 0 aromatic carbocycles. The number of likely N-dealkylation sites (tertiary alicyclic amines) is 1. The minimum absolute atomic E-state index is 0.200. The van der Waals surface area contributed by atoms with Crippen LogP contribution in [0.25, 0.3) is 0 Å². The number of amides is 1. The van der Waals surface area contributed by atoms with Gasteiger partial charge < -0.3 is 14.4 Å². The number of carbonyl (C=O) groups is 1. The molecular weight excluding hydrogens is 170 g/mol. The van der Waals surface area contributed by atoms with Crippen LogP contribution in [0, 0.1) is 0 Å². The molecule has 74 valence electrons. The van der Waals surface area contributed by atoms with Crippen LogP contribution < -0.4 is 0 Å². The van der Waals surface area contributed by atoms with E-state index >= 15 is 0 Å². The number of hydrogen-bond acceptors (Lipinski definition) is 3. The Labute approximate surface area is 78.1 Å². The van der Waals surface area contributed by atoms with Gasteiger partial charge in [0.2, 0.25) is 0 Å². The molecule has 1 amide bonds. The number of nitrogens with zero attached hydrogens (tertiary/aromatic N) is 1. The highest BCUT2D eigenvalue weighted by molar-refractivity contribution is 5.70. The summed E-state index contributed by atoms with van der Waals surface area (Å²) in [6, 6.07) is 0. The van der Waals surface area contributed by atoms with E-state index in [-0.39, 0.29) is 11.7 Å². The number of ether oxygens (including phenoxy) is 2. The molecule has 0 N–H and O–H groups in total. The fourth-order valence-corrected chi connectivity index (χ4v) is 1.23. The van der Waals surface area contributed by atoms with E-state index in [0.29, 0.717) is 18.8 Å². The summed E-state index contributed by atoms with van der Waals surface area (Å²) >= 11 is 0. The van der Waals surface area contributed by atoms with Crippen LogP contribution in [-0.4, -0.2) is 36.8 Å². The first kappa shape index (κ1) is 10.1. The molecule has 0 radical (unpaired) electrons. The average Bonchev–Trinajstić information content (AvgIpc) is 1.97. The second kappa shape index (κ2) is 3.38. The van der Waals surface area contributed by atoms with E-state index in [2.05, 4.69) is 6.58 Å². The van der Waals surface area contributed by atoms with E-state index in [4.69, 9.17) is 9.47 Å². The molecular formula is C9H15NO3. The van der Waals surface area contributed by atoms with Crippen LogP contribution in [0.3, 0.4) is 0 Å². The van der Waals surface area contributed by atoms with Crippen molar-refractivity contribution in [3.05, 3.63) is 12.3 Å². The van der Waals surface area contributed by atoms with Gasteiger partial charge in [-0.2, -0.15) is 0 Å². The lowest BCUT2D eigenvalue weighted by atomic mass is 9.97. The number of methoxy groups -OCH3 is 1. The molecule has 0 unspecified atom stereocenters. The van der Waals surface area contributed by atoms with Gasteiger partial charge in [-0.25, -0.2) is 4.79 Å². The molecule has 1 aliphatic rings. The van der Waals surface area contributed by atoms with Gasteiger partial charge in [-0.3, -0.25) is 0 Å². The maximum absolute atomic E-state index is 11.2. The molecule has 0 aromatic rings. The van der Waals surface area contributed by atoms with E-state index in [1.54, 1.807) is 18.9 Å². The minimum atomic E-state index is -0.345. The Morgan fingerprint density at radius 3 is 2.46 bits per heavy atom. The summed E-state index contributed by atoms with van der Waals surface area (Å²) in [6.07, 6.45) is -0.345. The Morgan fingerprint density at radius 1 is 1.54 bits per heavy atom. The van der Waals surface area contributed by atoms with Crippen LogP contribution in [-0.2, 0) is 9.47 Å². The molecule has 0 aliphatic carbocycles. The van der Waals surface area contributed by atoms with E-state index in [1.807, 2.05) is 6.92 Å². The smallest absolute Gasteiger partial charge is 0.415 e. The maximum Gasteiger partial charge on any atom is 0.415 e. The normalized spacial score (nSPS) is 19.2. The van der Waals surface area contributed by atoms with Gasteiger partial charge in [-0.1, -0.05) is 6.58 Å². The SMILES string of the molecule is C=C(C)OC(=O)N1CC(C)(OC)C1. The molecule has 4 nitrogen and oxygen atoms in total. The number of hydrogen-bond donors (Lipinski definition) is 0. The summed E-state index contributed by atoms with van der Waals surface area (Å²) in [5.41, 5.74) is -0.200. The maximum atomic E-state index is 11.2. The van der Waals surface area contributed by atoms with Gasteiger partial charge in [0.1, 0.15) is 5.60 Å². The first-order valence-corrected chi connectivity index (χ1v) is 4.14. The molecule has 0 spiro atoms. The Morgan fingerprint density at radius 2 is 2.08 bits per heavy atom. The molecule has 0 bridgehead atoms. The highest BCUT2D eigenvalue weighted by atomic mass is 16.6. The lowest BCUT2D eigenvalue weighted by Gasteiger charge is -2.45. The van der Waals surface area contributed by atoms with Crippen molar-refractivity contribution >= 4 is 6.09 Å². The zero-order valence-corrected chi connectivity index (χ0v) is 8.29. The van der Waals surface area contributed by atoms with Crippen LogP contribution in [0.4, 0.5) is 4.79 Å². The van der Waals surface area contributed by atoms with Crippen molar-refractivity contribution in [1.82, 2.24) is 4.90 Å². The summed E-state index contributed by atoms with van der Waals surface area (Å²) in [5, 5.41) is 0. The Hall–Kier alpha value is -1.03. The lowest BCUT2D eigenvalue weighted by Crippen LogP contribution is -2.62. The third-order valence-electron chi connectivity index (χ3n) is 2.06. The monoisotopic (exact) mass is 185 g/mol. The Kier molecular flexibility index (Phi) is 2.61. The van der Waals surface area contributed by atoms with Gasteiger partial charge in [0, 0.05) is 7.11 Å². The van der Waals surface area contributed by atoms with Crippen LogP contribution >= 0.6 is 0 Å². The molecule has 0 saturated carbocycles. The number of rotatable bonds is 2. The molecule has 4 heteroatoms. The van der Waals surface area contributed by atoms with Gasteiger partial charge in [0.15, 0.2) is 0 Å². The first-order valence-electron chi connectivity index (χ1n) is 4.14. The lowest BCUT2D eigenvalue weighted by molar-refractivity contribution is -0.0991. The second-order valence-electron chi connectivity index (χ2n) is 3.58. The van der Waals surface area contributed by atoms with E-state index in [1.165, 1.54) is 0 Å². The molecule has 1 rings (SSSR count). The van der Waals surface area contributed by atoms with Crippen LogP contribution in [0.2, 0.25) is 0 Å². The minimum Gasteiger partial charge on any atom is -0.416 e. The molecule has 13 heavy (non-hydrogen) atoms. The zero-order valence-electron chi connectivity index (χ0n) is 8.29. The van der Waals surface area contributed by atoms with Gasteiger partial charge in [0.25, 0.3) is 0 Å². The van der Waals surface area contributed by atoms with E-state index < -0.39 is 0 Å². The van der Waals surface area contributed by atoms with Crippen molar-refractivity contribution in [2.75, 3.05) is 20.2 Å². The molecule has 1 fully saturated rings. The standard InChI is InChI=1S/C9H15NO3/c1-7(2)13-8(11)10-5-9(3,6-10)12-4/h1,5-6H2,2-4H3. The van der Waals surface area contributed by atoms with Gasteiger partial charge in [-0.15, -0.1) is 0 Å². The van der Waals surface area contributed by atoms with E-state index in [9.17, 15) is 4.79 Å². The van der Waals surface area contributed by atoms with Crippen molar-refractivity contribution < 1.29 is 14.3 Å². The van der Waals surface area contributed by atoms with Crippen molar-refractivity contribution in [3.8, 4) is 0 Å². The first-order chi connectivity index (χ1) is 5.97. The largest absolute Gasteiger partial charge is 0.416 e. The summed E-state index contributed by atoms with van der Waals surface area (Å²) in [4.78, 5) is 12.8. The highest BCUT2D eigenvalue weighted by Gasteiger charge is 2.42. The molecule has 1 aliphatic heterocycles. The zero-order chi connectivity index (χ0) is 10.1. The highest BCUT2D eigenvalue weighted by Crippen LogP contribution is 2.24. The van der Waals surface area contributed by atoms with Gasteiger partial charge >= 0.3 is 6.09 Å². The fraction of sp³-hybridized carbons (Fsp3) is 0.667. The van der Waals surface area contributed by atoms with Crippen LogP contribution in [0.1, 0.15) is 13.8 Å². The Balaban J connectivity index is 2.35. The Bertz CT molecular complexity index is 231. The van der Waals surface area contributed by atoms with Crippen molar-refractivity contribution in [2.24, 2.45) is 0 Å². The van der Waals surface area contributed by atoms with Crippen molar-refractivity contribution in [2.45, 2.75) is 19.4 Å². The number of allylic oxidation sites excluding steroid dienone is 1. The van der Waals surface area contributed by atoms with Crippen LogP contribution in [0.15, 0.2) is 12.3 Å². The van der Waals surface area contributed by atoms with Gasteiger partial charge in [0.05, 0.1) is 18.8 Å². The predicted octanol–water partition coefficient (Wildman–Crippen LogP) is 1.38. The number of carbonyl (C=O) groups excluding carboxylic acids is 1. The van der Waals surface area contributed by atoms with Crippen molar-refractivity contribution in [1.29, 1.82) is 0 Å². The van der Waals surface area contributed by atoms with Gasteiger partial charge in [-0.05, 0) is 13.8 Å². The average molecular weight is 185 g/mol. The van der Waals surface area contributed by atoms with Crippen LogP contribution in [0.5, 0.6) is 0 Å². The summed E-state index contributed by atoms with van der Waals surface area (Å²) < 4.78 is 10.0. The summed E-state index contributed by atoms with van der Waals surface area (Å²) in [7, 11) is 1.64. The van der Waals surface area contributed by atoms with E-state index in [0.717, 1.165) is 0 Å². The third-order valence-corrected chi connectivity index (χ3v) is 2.06. The summed E-state index contributed by atoms with van der Waals surface area (Å²) in [6.45, 7) is 8.25.